The molecular weight excluding hydrogens is 1200 g/mol. The van der Waals surface area contributed by atoms with Crippen molar-refractivity contribution in [2.24, 2.45) is 0 Å². The van der Waals surface area contributed by atoms with Crippen LogP contribution in [0.25, 0.3) is 0 Å². The number of hydroxylamine groups is 1. The molecule has 3 aliphatic heterocycles. The molecule has 90 heavy (non-hydrogen) atoms. The first-order valence-electron chi connectivity index (χ1n) is 29.7. The summed E-state index contributed by atoms with van der Waals surface area (Å²) >= 11 is 0. The molecule has 0 aliphatic carbocycles. The maximum atomic E-state index is 13.7. The second-order valence-corrected chi connectivity index (χ2v) is 27.0. The van der Waals surface area contributed by atoms with Gasteiger partial charge in [0.05, 0.1) is 53.3 Å². The van der Waals surface area contributed by atoms with Gasteiger partial charge in [-0.05, 0) is 152 Å². The van der Waals surface area contributed by atoms with Crippen molar-refractivity contribution in [2.75, 3.05) is 26.7 Å². The van der Waals surface area contributed by atoms with Crippen LogP contribution >= 0.6 is 0 Å². The van der Waals surface area contributed by atoms with Crippen LogP contribution in [0.15, 0.2) is 155 Å². The summed E-state index contributed by atoms with van der Waals surface area (Å²) in [4.78, 5) is 37.8. The quantitative estimate of drug-likeness (QED) is 0.0290. The topological polar surface area (TPSA) is 267 Å². The van der Waals surface area contributed by atoms with Gasteiger partial charge in [0.25, 0.3) is 20.0 Å². The molecule has 2 amide bonds. The maximum Gasteiger partial charge on any atom is 0.407 e. The van der Waals surface area contributed by atoms with Gasteiger partial charge < -0.3 is 58.4 Å². The molecule has 1 saturated heterocycles. The normalized spacial score (nSPS) is 15.1. The lowest BCUT2D eigenvalue weighted by atomic mass is 10.0. The minimum atomic E-state index is -4.26. The molecule has 9 rings (SSSR count). The highest BCUT2D eigenvalue weighted by atomic mass is 32.2. The average Bonchev–Trinajstić information content (AvgIpc) is 1.25. The fourth-order valence-electron chi connectivity index (χ4n) is 8.74. The number of carbonyl (C=O) groups excluding carboxylic acids is 2. The summed E-state index contributed by atoms with van der Waals surface area (Å²) in [7, 11) is -7.96. The van der Waals surface area contributed by atoms with Crippen molar-refractivity contribution in [1.29, 1.82) is 0 Å². The van der Waals surface area contributed by atoms with Crippen molar-refractivity contribution in [3.8, 4) is 34.5 Å². The lowest BCUT2D eigenvalue weighted by molar-refractivity contribution is -0.136. The first-order valence-corrected chi connectivity index (χ1v) is 32.6. The molecular formula is C66H84N4O18S2. The van der Waals surface area contributed by atoms with Gasteiger partial charge in [-0.25, -0.2) is 26.4 Å². The molecule has 0 radical (unpaired) electrons. The number of alkyl carbamates (subject to hydrolysis) is 2. The average molecular weight is 1290 g/mol. The Morgan fingerprint density at radius 3 is 1.52 bits per heavy atom. The van der Waals surface area contributed by atoms with Gasteiger partial charge in [-0.15, -0.1) is 0 Å². The van der Waals surface area contributed by atoms with Crippen molar-refractivity contribution in [3.63, 3.8) is 0 Å². The van der Waals surface area contributed by atoms with Gasteiger partial charge in [0.15, 0.2) is 23.0 Å². The number of nitrogens with one attached hydrogen (secondary N) is 3. The molecule has 3 aliphatic rings. The Morgan fingerprint density at radius 1 is 0.600 bits per heavy atom. The van der Waals surface area contributed by atoms with Gasteiger partial charge in [0, 0.05) is 12.1 Å². The van der Waals surface area contributed by atoms with Crippen LogP contribution in [0.1, 0.15) is 104 Å². The third-order valence-corrected chi connectivity index (χ3v) is 16.2. The highest BCUT2D eigenvalue weighted by molar-refractivity contribution is 7.89. The number of hydrogen-bond donors (Lipinski definition) is 4. The minimum Gasteiger partial charge on any atom is -0.489 e. The second kappa shape index (κ2) is 32.4. The molecule has 4 N–H and O–H groups in total. The minimum absolute atomic E-state index is 0.0120. The van der Waals surface area contributed by atoms with Crippen molar-refractivity contribution in [3.05, 3.63) is 168 Å². The number of sulfonamides is 2. The first kappa shape index (κ1) is 69.8. The van der Waals surface area contributed by atoms with Crippen LogP contribution in [-0.2, 0) is 70.0 Å². The maximum absolute atomic E-state index is 13.7. The van der Waals surface area contributed by atoms with Crippen molar-refractivity contribution in [2.45, 2.75) is 166 Å². The Morgan fingerprint density at radius 2 is 1.06 bits per heavy atom. The summed E-state index contributed by atoms with van der Waals surface area (Å²) in [6.45, 7) is 19.2. The number of nitrogens with zero attached hydrogens (tertiary/aromatic N) is 1. The van der Waals surface area contributed by atoms with Gasteiger partial charge >= 0.3 is 12.2 Å². The van der Waals surface area contributed by atoms with Crippen molar-refractivity contribution < 1.29 is 83.8 Å². The summed E-state index contributed by atoms with van der Waals surface area (Å²) in [5, 5.41) is 17.0. The molecule has 6 aromatic rings. The summed E-state index contributed by atoms with van der Waals surface area (Å²) in [6.07, 6.45) is -0.853. The third-order valence-electron chi connectivity index (χ3n) is 13.4. The molecule has 1 unspecified atom stereocenters. The van der Waals surface area contributed by atoms with E-state index in [4.69, 9.17) is 52.3 Å². The molecule has 1 fully saturated rings. The van der Waals surface area contributed by atoms with Crippen molar-refractivity contribution in [1.82, 2.24) is 20.0 Å². The number of hydrogen-bond acceptors (Lipinski definition) is 18. The summed E-state index contributed by atoms with van der Waals surface area (Å²) in [6, 6.07) is 42.6. The van der Waals surface area contributed by atoms with E-state index in [9.17, 15) is 31.5 Å². The number of ether oxygens (including phenoxy) is 9. The lowest BCUT2D eigenvalue weighted by Crippen LogP contribution is -2.51. The number of fused-ring (bicyclic) bond motifs is 2. The first-order chi connectivity index (χ1) is 42.7. The van der Waals surface area contributed by atoms with E-state index in [0.29, 0.717) is 49.2 Å². The predicted octanol–water partition coefficient (Wildman–Crippen LogP) is 10.7. The zero-order chi connectivity index (χ0) is 65.1. The number of amides is 2. The zero-order valence-electron chi connectivity index (χ0n) is 52.5. The smallest absolute Gasteiger partial charge is 0.407 e. The van der Waals surface area contributed by atoms with Gasteiger partial charge in [0.1, 0.15) is 42.0 Å². The summed E-state index contributed by atoms with van der Waals surface area (Å²) in [5.41, 5.74) is 2.74. The highest BCUT2D eigenvalue weighted by Gasteiger charge is 2.36. The van der Waals surface area contributed by atoms with Gasteiger partial charge in [-0.3, -0.25) is 9.68 Å². The molecule has 0 spiro atoms. The Bertz CT molecular complexity index is 3450. The molecule has 0 bridgehead atoms. The Kier molecular flexibility index (Phi) is 25.1. The predicted molar refractivity (Wildman–Crippen MR) is 335 cm³/mol. The van der Waals surface area contributed by atoms with Crippen LogP contribution < -0.4 is 43.9 Å². The number of aliphatic hydroxyl groups excluding tert-OH is 1. The van der Waals surface area contributed by atoms with Crippen LogP contribution in [0.2, 0.25) is 0 Å². The van der Waals surface area contributed by atoms with Crippen molar-refractivity contribution >= 4 is 32.2 Å². The van der Waals surface area contributed by atoms with Crippen LogP contribution in [0.3, 0.4) is 0 Å². The zero-order valence-corrected chi connectivity index (χ0v) is 54.2. The van der Waals surface area contributed by atoms with E-state index in [1.54, 1.807) is 52.8 Å². The van der Waals surface area contributed by atoms with Crippen LogP contribution in [0, 0.1) is 0 Å². The number of rotatable bonds is 26. The largest absolute Gasteiger partial charge is 0.489 e. The summed E-state index contributed by atoms with van der Waals surface area (Å²) in [5.74, 6) is 3.16. The van der Waals surface area contributed by atoms with E-state index in [2.05, 4.69) is 15.5 Å². The molecule has 6 aromatic carbocycles. The van der Waals surface area contributed by atoms with Gasteiger partial charge in [0.2, 0.25) is 13.6 Å². The standard InChI is InChI=1S/C32H40N2O9S.C22H27NO4.C12H17NO5S/c1-22(2)43-34(44(37,38)26-15-16-29-30(18-26)41-21-40-29)19-28(35)27(33-31(36)42-32(3,4)5)17-23-11-13-25(14-12-23)39-20-24-9-7-6-8-10-24;1-22(2,3)27-21(24)23-19(20-15-26-20)13-16-9-11-18(12-10-16)25-14-17-7-5-4-6-8-17;1-3-9(4-2)18-13-19(14,15)10-5-6-11-12(7-10)17-8-16-11/h6-16,18,22,27-28,35H,17,19-21H2,1-5H3,(H,33,36);4-12,19-20H,13-15H2,1-3H3,(H,23,24);5-7,9,13H,3-4,8H2,1-2H3/t27-,28+;19-,20?;/m00./s1. The summed E-state index contributed by atoms with van der Waals surface area (Å²) < 4.78 is 101. The fourth-order valence-corrected chi connectivity index (χ4v) is 11.0. The Balaban J connectivity index is 0.000000212. The van der Waals surface area contributed by atoms with Gasteiger partial charge in [-0.2, -0.15) is 0 Å². The van der Waals surface area contributed by atoms with E-state index >= 15 is 0 Å². The van der Waals surface area contributed by atoms with Crippen LogP contribution in [-0.4, -0.2) is 113 Å². The van der Waals surface area contributed by atoms with Crippen LogP contribution in [0.4, 0.5) is 9.59 Å². The number of carbonyl (C=O) groups is 2. The van der Waals surface area contributed by atoms with Crippen LogP contribution in [0.5, 0.6) is 34.5 Å². The third kappa shape index (κ3) is 22.7. The van der Waals surface area contributed by atoms with Gasteiger partial charge in [-0.1, -0.05) is 108 Å². The number of benzene rings is 6. The van der Waals surface area contributed by atoms with E-state index in [1.165, 1.54) is 30.3 Å². The molecule has 0 saturated carbocycles. The number of epoxide rings is 1. The second-order valence-electron chi connectivity index (χ2n) is 23.5. The van der Waals surface area contributed by atoms with E-state index in [0.717, 1.165) is 45.3 Å². The van der Waals surface area contributed by atoms with E-state index in [1.807, 2.05) is 132 Å². The van der Waals surface area contributed by atoms with E-state index in [-0.39, 0.29) is 53.8 Å². The Hall–Kier alpha value is -7.68. The molecule has 22 nitrogen and oxygen atoms in total. The fraction of sp³-hybridized carbons (Fsp3) is 0.424. The lowest BCUT2D eigenvalue weighted by Gasteiger charge is -2.30. The molecule has 488 valence electrons. The van der Waals surface area contributed by atoms with E-state index < -0.39 is 68.2 Å². The highest BCUT2D eigenvalue weighted by Crippen LogP contribution is 2.36. The number of aliphatic hydroxyl groups is 1. The SMILES string of the molecule is CC(C)(C)OC(=O)N[C@@H](Cc1ccc(OCc2ccccc2)cc1)C1CO1.CC(C)ON(C[C@@H](O)[C@H](Cc1ccc(OCc2ccccc2)cc1)NC(=O)OC(C)(C)C)S(=O)(=O)c1ccc2c(c1)OCO2.CCC(CC)ONS(=O)(=O)c1ccc2c(c1)OCO2. The Labute approximate surface area is 528 Å². The molecule has 0 aromatic heterocycles. The molecule has 24 heteroatoms. The molecule has 4 atom stereocenters. The monoisotopic (exact) mass is 1280 g/mol. The molecule has 3 heterocycles.